The van der Waals surface area contributed by atoms with Crippen LogP contribution in [-0.4, -0.2) is 31.7 Å². The quantitative estimate of drug-likeness (QED) is 0.324. The molecular formula is C25H26BrNO5S. The highest BCUT2D eigenvalue weighted by Gasteiger charge is 2.23. The Bertz CT molecular complexity index is 1120. The summed E-state index contributed by atoms with van der Waals surface area (Å²) in [5, 5.41) is 5.07. The van der Waals surface area contributed by atoms with Crippen LogP contribution in [-0.2, 0) is 9.53 Å². The van der Waals surface area contributed by atoms with Gasteiger partial charge in [-0.3, -0.25) is 4.79 Å². The Hall–Kier alpha value is -2.84. The second-order valence-electron chi connectivity index (χ2n) is 7.24. The zero-order chi connectivity index (χ0) is 24.0. The first kappa shape index (κ1) is 24.8. The summed E-state index contributed by atoms with van der Waals surface area (Å²) in [4.78, 5) is 25.4. The minimum absolute atomic E-state index is 0.179. The van der Waals surface area contributed by atoms with Crippen molar-refractivity contribution in [1.82, 2.24) is 0 Å². The summed E-state index contributed by atoms with van der Waals surface area (Å²) in [7, 11) is 0. The normalized spacial score (nSPS) is 10.6. The van der Waals surface area contributed by atoms with Crippen molar-refractivity contribution in [2.75, 3.05) is 25.1 Å². The molecule has 2 aromatic carbocycles. The van der Waals surface area contributed by atoms with Crippen LogP contribution < -0.4 is 14.8 Å². The number of halogens is 1. The minimum Gasteiger partial charge on any atom is -0.494 e. The second-order valence-corrected chi connectivity index (χ2v) is 9.03. The highest BCUT2D eigenvalue weighted by Crippen LogP contribution is 2.37. The molecule has 33 heavy (non-hydrogen) atoms. The third-order valence-electron chi connectivity index (χ3n) is 4.77. The fourth-order valence-electron chi connectivity index (χ4n) is 3.39. The number of amides is 1. The maximum Gasteiger partial charge on any atom is 0.341 e. The molecule has 3 rings (SSSR count). The van der Waals surface area contributed by atoms with Crippen LogP contribution in [0.2, 0.25) is 0 Å². The maximum atomic E-state index is 12.7. The SMILES string of the molecule is CCOC(=O)c1c(-c2ccc(OCC)cc2)csc1NC(=O)COc1c(C)cc(Br)cc1C. The molecule has 0 aliphatic heterocycles. The number of aryl methyl sites for hydroxylation is 2. The van der Waals surface area contributed by atoms with E-state index >= 15 is 0 Å². The van der Waals surface area contributed by atoms with Gasteiger partial charge >= 0.3 is 5.97 Å². The van der Waals surface area contributed by atoms with Gasteiger partial charge in [-0.05, 0) is 68.7 Å². The van der Waals surface area contributed by atoms with Crippen molar-refractivity contribution >= 4 is 44.1 Å². The summed E-state index contributed by atoms with van der Waals surface area (Å²) in [6.07, 6.45) is 0. The van der Waals surface area contributed by atoms with Crippen LogP contribution in [0, 0.1) is 13.8 Å². The number of benzene rings is 2. The van der Waals surface area contributed by atoms with E-state index in [1.54, 1.807) is 6.92 Å². The smallest absolute Gasteiger partial charge is 0.341 e. The summed E-state index contributed by atoms with van der Waals surface area (Å²) < 4.78 is 17.5. The first-order chi connectivity index (χ1) is 15.8. The molecule has 0 atom stereocenters. The van der Waals surface area contributed by atoms with E-state index in [1.807, 2.05) is 62.5 Å². The molecule has 6 nitrogen and oxygen atoms in total. The van der Waals surface area contributed by atoms with Crippen molar-refractivity contribution in [2.45, 2.75) is 27.7 Å². The predicted octanol–water partition coefficient (Wildman–Crippen LogP) is 6.39. The average molecular weight is 532 g/mol. The van der Waals surface area contributed by atoms with Crippen LogP contribution in [0.3, 0.4) is 0 Å². The molecule has 0 radical (unpaired) electrons. The summed E-state index contributed by atoms with van der Waals surface area (Å²) in [6, 6.07) is 11.3. The van der Waals surface area contributed by atoms with Gasteiger partial charge in [0.1, 0.15) is 22.1 Å². The molecule has 0 bridgehead atoms. The summed E-state index contributed by atoms with van der Waals surface area (Å²) in [5.74, 6) is 0.569. The van der Waals surface area contributed by atoms with Crippen molar-refractivity contribution in [3.05, 3.63) is 62.9 Å². The van der Waals surface area contributed by atoms with Crippen LogP contribution in [0.1, 0.15) is 35.3 Å². The second kappa shape index (κ2) is 11.3. The number of anilines is 1. The Morgan fingerprint density at radius 2 is 1.67 bits per heavy atom. The first-order valence-corrected chi connectivity index (χ1v) is 12.2. The van der Waals surface area contributed by atoms with Crippen molar-refractivity contribution in [3.8, 4) is 22.6 Å². The monoisotopic (exact) mass is 531 g/mol. The molecule has 0 saturated heterocycles. The number of carbonyl (C=O) groups excluding carboxylic acids is 2. The molecule has 1 aromatic heterocycles. The molecule has 1 amide bonds. The fraction of sp³-hybridized carbons (Fsp3) is 0.280. The van der Waals surface area contributed by atoms with E-state index < -0.39 is 5.97 Å². The van der Waals surface area contributed by atoms with Gasteiger partial charge in [0.25, 0.3) is 5.91 Å². The largest absolute Gasteiger partial charge is 0.494 e. The lowest BCUT2D eigenvalue weighted by Gasteiger charge is -2.13. The Kier molecular flexibility index (Phi) is 8.52. The van der Waals surface area contributed by atoms with E-state index in [-0.39, 0.29) is 19.1 Å². The third-order valence-corrected chi connectivity index (χ3v) is 6.13. The number of nitrogens with one attached hydrogen (secondary N) is 1. The number of ether oxygens (including phenoxy) is 3. The Morgan fingerprint density at radius 1 is 1.00 bits per heavy atom. The third kappa shape index (κ3) is 6.15. The minimum atomic E-state index is -0.488. The van der Waals surface area contributed by atoms with Gasteiger partial charge < -0.3 is 19.5 Å². The highest BCUT2D eigenvalue weighted by atomic mass is 79.9. The molecule has 0 saturated carbocycles. The lowest BCUT2D eigenvalue weighted by atomic mass is 10.0. The topological polar surface area (TPSA) is 73.9 Å². The average Bonchev–Trinajstić information content (AvgIpc) is 3.17. The zero-order valence-corrected chi connectivity index (χ0v) is 21.4. The number of rotatable bonds is 9. The number of esters is 1. The van der Waals surface area contributed by atoms with Crippen molar-refractivity contribution in [3.63, 3.8) is 0 Å². The molecule has 8 heteroatoms. The van der Waals surface area contributed by atoms with Crippen LogP contribution >= 0.6 is 27.3 Å². The van der Waals surface area contributed by atoms with Gasteiger partial charge in [0.05, 0.1) is 13.2 Å². The van der Waals surface area contributed by atoms with Gasteiger partial charge in [-0.2, -0.15) is 0 Å². The molecule has 1 heterocycles. The first-order valence-electron chi connectivity index (χ1n) is 10.5. The van der Waals surface area contributed by atoms with Gasteiger partial charge in [-0.1, -0.05) is 28.1 Å². The van der Waals surface area contributed by atoms with Crippen LogP contribution in [0.15, 0.2) is 46.3 Å². The molecule has 0 aliphatic rings. The van der Waals surface area contributed by atoms with Crippen molar-refractivity contribution < 1.29 is 23.8 Å². The lowest BCUT2D eigenvalue weighted by molar-refractivity contribution is -0.118. The van der Waals surface area contributed by atoms with E-state index in [1.165, 1.54) is 11.3 Å². The van der Waals surface area contributed by atoms with Gasteiger partial charge in [0.15, 0.2) is 6.61 Å². The molecule has 174 valence electrons. The van der Waals surface area contributed by atoms with Gasteiger partial charge in [0.2, 0.25) is 0 Å². The summed E-state index contributed by atoms with van der Waals surface area (Å²) >= 11 is 4.73. The van der Waals surface area contributed by atoms with E-state index in [9.17, 15) is 9.59 Å². The van der Waals surface area contributed by atoms with Gasteiger partial charge in [-0.25, -0.2) is 4.79 Å². The van der Waals surface area contributed by atoms with E-state index in [2.05, 4.69) is 21.2 Å². The fourth-order valence-corrected chi connectivity index (χ4v) is 5.05. The van der Waals surface area contributed by atoms with E-state index in [0.717, 1.165) is 26.9 Å². The van der Waals surface area contributed by atoms with Crippen molar-refractivity contribution in [1.29, 1.82) is 0 Å². The lowest BCUT2D eigenvalue weighted by Crippen LogP contribution is -2.21. The number of thiophene rings is 1. The molecule has 0 fully saturated rings. The molecule has 3 aromatic rings. The van der Waals surface area contributed by atoms with Crippen LogP contribution in [0.5, 0.6) is 11.5 Å². The standard InChI is InChI=1S/C25H26BrNO5S/c1-5-30-19-9-7-17(8-10-19)20-14-33-24(22(20)25(29)31-6-2)27-21(28)13-32-23-15(3)11-18(26)12-16(23)4/h7-12,14H,5-6,13H2,1-4H3,(H,27,28). The van der Waals surface area contributed by atoms with Gasteiger partial charge in [0, 0.05) is 15.4 Å². The van der Waals surface area contributed by atoms with Crippen molar-refractivity contribution in [2.24, 2.45) is 0 Å². The van der Waals surface area contributed by atoms with Crippen LogP contribution in [0.4, 0.5) is 5.00 Å². The Labute approximate surface area is 206 Å². The Morgan fingerprint density at radius 3 is 2.27 bits per heavy atom. The molecule has 0 aliphatic carbocycles. The Balaban J connectivity index is 1.81. The van der Waals surface area contributed by atoms with E-state index in [4.69, 9.17) is 14.2 Å². The predicted molar refractivity (Wildman–Crippen MR) is 135 cm³/mol. The number of hydrogen-bond donors (Lipinski definition) is 1. The van der Waals surface area contributed by atoms with Gasteiger partial charge in [-0.15, -0.1) is 11.3 Å². The molecular weight excluding hydrogens is 506 g/mol. The summed E-state index contributed by atoms with van der Waals surface area (Å²) in [5.41, 5.74) is 3.70. The maximum absolute atomic E-state index is 12.7. The molecule has 0 spiro atoms. The highest BCUT2D eigenvalue weighted by molar-refractivity contribution is 9.10. The van der Waals surface area contributed by atoms with E-state index in [0.29, 0.717) is 28.5 Å². The number of carbonyl (C=O) groups is 2. The molecule has 0 unspecified atom stereocenters. The molecule has 1 N–H and O–H groups in total. The summed E-state index contributed by atoms with van der Waals surface area (Å²) in [6.45, 7) is 8.14. The number of hydrogen-bond acceptors (Lipinski definition) is 6. The van der Waals surface area contributed by atoms with Crippen LogP contribution in [0.25, 0.3) is 11.1 Å². The zero-order valence-electron chi connectivity index (χ0n) is 19.0.